The summed E-state index contributed by atoms with van der Waals surface area (Å²) in [4.78, 5) is 13.9. The van der Waals surface area contributed by atoms with Crippen molar-refractivity contribution in [1.82, 2.24) is 4.90 Å². The molecule has 2 aromatic rings. The fourth-order valence-corrected chi connectivity index (χ4v) is 3.77. The van der Waals surface area contributed by atoms with E-state index in [0.29, 0.717) is 41.9 Å². The van der Waals surface area contributed by atoms with Crippen molar-refractivity contribution in [2.75, 3.05) is 44.8 Å². The van der Waals surface area contributed by atoms with Crippen molar-refractivity contribution in [3.05, 3.63) is 48.0 Å². The molecule has 4 rings (SSSR count). The summed E-state index contributed by atoms with van der Waals surface area (Å²) in [6, 6.07) is 15.0. The Morgan fingerprint density at radius 1 is 1.23 bits per heavy atom. The smallest absolute Gasteiger partial charge is 0.262 e. The molecule has 156 valence electrons. The van der Waals surface area contributed by atoms with E-state index in [-0.39, 0.29) is 12.5 Å². The summed E-state index contributed by atoms with van der Waals surface area (Å²) in [5.74, 6) is 2.40. The van der Waals surface area contributed by atoms with Crippen molar-refractivity contribution in [3.8, 4) is 23.3 Å². The van der Waals surface area contributed by atoms with Crippen LogP contribution in [-0.2, 0) is 4.79 Å². The molecule has 2 aromatic carbocycles. The number of rotatable bonds is 8. The van der Waals surface area contributed by atoms with Crippen LogP contribution in [0, 0.1) is 17.2 Å². The van der Waals surface area contributed by atoms with Gasteiger partial charge in [-0.2, -0.15) is 5.26 Å². The van der Waals surface area contributed by atoms with E-state index in [1.165, 1.54) is 0 Å². The van der Waals surface area contributed by atoms with Crippen LogP contribution in [0.3, 0.4) is 0 Å². The standard InChI is InChI=1S/C23H25N3O4/c24-13-18-4-1-2-5-21(18)28-11-3-9-26-10-8-17(14-26)15-29-19-6-7-22-20(12-19)25-23(27)16-30-22/h1-2,4-7,12,17H,3,8-11,14-16H2,(H,25,27). The Morgan fingerprint density at radius 2 is 2.13 bits per heavy atom. The van der Waals surface area contributed by atoms with Gasteiger partial charge in [0.05, 0.1) is 24.5 Å². The first kappa shape index (κ1) is 20.0. The summed E-state index contributed by atoms with van der Waals surface area (Å²) >= 11 is 0. The van der Waals surface area contributed by atoms with Gasteiger partial charge in [-0.3, -0.25) is 4.79 Å². The fourth-order valence-electron chi connectivity index (χ4n) is 3.77. The molecule has 0 saturated carbocycles. The molecule has 0 bridgehead atoms. The molecule has 0 aliphatic carbocycles. The number of ether oxygens (including phenoxy) is 3. The van der Waals surface area contributed by atoms with Crippen molar-refractivity contribution in [2.45, 2.75) is 12.8 Å². The highest BCUT2D eigenvalue weighted by Crippen LogP contribution is 2.32. The van der Waals surface area contributed by atoms with Gasteiger partial charge in [0, 0.05) is 25.1 Å². The summed E-state index contributed by atoms with van der Waals surface area (Å²) in [5, 5.41) is 11.9. The van der Waals surface area contributed by atoms with Crippen LogP contribution in [0.1, 0.15) is 18.4 Å². The van der Waals surface area contributed by atoms with Crippen LogP contribution in [0.15, 0.2) is 42.5 Å². The van der Waals surface area contributed by atoms with Gasteiger partial charge in [0.15, 0.2) is 6.61 Å². The Morgan fingerprint density at radius 3 is 3.03 bits per heavy atom. The average Bonchev–Trinajstić information content (AvgIpc) is 3.23. The van der Waals surface area contributed by atoms with Crippen LogP contribution in [0.4, 0.5) is 5.69 Å². The first-order valence-electron chi connectivity index (χ1n) is 10.2. The number of nitrogens with one attached hydrogen (secondary N) is 1. The van der Waals surface area contributed by atoms with Gasteiger partial charge in [-0.1, -0.05) is 12.1 Å². The van der Waals surface area contributed by atoms with E-state index in [0.717, 1.165) is 38.2 Å². The highest BCUT2D eigenvalue weighted by molar-refractivity contribution is 5.95. The second-order valence-corrected chi connectivity index (χ2v) is 7.57. The van der Waals surface area contributed by atoms with E-state index in [2.05, 4.69) is 16.3 Å². The van der Waals surface area contributed by atoms with Gasteiger partial charge >= 0.3 is 0 Å². The number of nitriles is 1. The molecule has 1 atom stereocenters. The maximum absolute atomic E-state index is 11.5. The molecular weight excluding hydrogens is 382 g/mol. The Kier molecular flexibility index (Phi) is 6.35. The summed E-state index contributed by atoms with van der Waals surface area (Å²) in [6.07, 6.45) is 2.01. The van der Waals surface area contributed by atoms with Crippen molar-refractivity contribution in [1.29, 1.82) is 5.26 Å². The van der Waals surface area contributed by atoms with Crippen molar-refractivity contribution in [3.63, 3.8) is 0 Å². The Hall–Kier alpha value is -3.24. The number of fused-ring (bicyclic) bond motifs is 1. The van der Waals surface area contributed by atoms with Crippen molar-refractivity contribution in [2.24, 2.45) is 5.92 Å². The second kappa shape index (κ2) is 9.51. The number of carbonyl (C=O) groups excluding carboxylic acids is 1. The maximum Gasteiger partial charge on any atom is 0.262 e. The molecule has 2 heterocycles. The number of amides is 1. The van der Waals surface area contributed by atoms with Crippen molar-refractivity contribution < 1.29 is 19.0 Å². The van der Waals surface area contributed by atoms with E-state index in [1.54, 1.807) is 6.07 Å². The molecule has 7 heteroatoms. The third kappa shape index (κ3) is 5.02. The molecule has 0 spiro atoms. The highest BCUT2D eigenvalue weighted by atomic mass is 16.5. The van der Waals surface area contributed by atoms with E-state index in [4.69, 9.17) is 19.5 Å². The summed E-state index contributed by atoms with van der Waals surface area (Å²) < 4.78 is 17.1. The predicted octanol–water partition coefficient (Wildman–Crippen LogP) is 3.06. The monoisotopic (exact) mass is 407 g/mol. The van der Waals surface area contributed by atoms with Gasteiger partial charge in [-0.25, -0.2) is 0 Å². The number of hydrogen-bond donors (Lipinski definition) is 1. The molecule has 2 aliphatic rings. The van der Waals surface area contributed by atoms with Gasteiger partial charge in [-0.05, 0) is 43.7 Å². The Balaban J connectivity index is 1.17. The Labute approximate surface area is 176 Å². The largest absolute Gasteiger partial charge is 0.493 e. The third-order valence-corrected chi connectivity index (χ3v) is 5.32. The normalized spacial score (nSPS) is 18.1. The molecule has 2 aliphatic heterocycles. The minimum absolute atomic E-state index is 0.0565. The number of nitrogens with zero attached hydrogens (tertiary/aromatic N) is 2. The lowest BCUT2D eigenvalue weighted by Gasteiger charge is -2.19. The lowest BCUT2D eigenvalue weighted by molar-refractivity contribution is -0.118. The minimum Gasteiger partial charge on any atom is -0.493 e. The molecule has 1 N–H and O–H groups in total. The molecule has 0 radical (unpaired) electrons. The zero-order valence-corrected chi connectivity index (χ0v) is 16.8. The first-order valence-corrected chi connectivity index (χ1v) is 10.2. The zero-order valence-electron chi connectivity index (χ0n) is 16.8. The fraction of sp³-hybridized carbons (Fsp3) is 0.391. The maximum atomic E-state index is 11.5. The Bertz CT molecular complexity index is 940. The molecule has 1 fully saturated rings. The average molecular weight is 407 g/mol. The van der Waals surface area contributed by atoms with Crippen molar-refractivity contribution >= 4 is 11.6 Å². The zero-order chi connectivity index (χ0) is 20.8. The van der Waals surface area contributed by atoms with Gasteiger partial charge in [0.2, 0.25) is 0 Å². The summed E-state index contributed by atoms with van der Waals surface area (Å²) in [6.45, 7) is 4.32. The second-order valence-electron chi connectivity index (χ2n) is 7.57. The van der Waals surface area contributed by atoms with Gasteiger partial charge in [0.1, 0.15) is 23.3 Å². The lowest BCUT2D eigenvalue weighted by Crippen LogP contribution is -2.25. The lowest BCUT2D eigenvalue weighted by atomic mass is 10.1. The van der Waals surface area contributed by atoms with Crippen LogP contribution in [0.2, 0.25) is 0 Å². The molecule has 30 heavy (non-hydrogen) atoms. The molecule has 0 aromatic heterocycles. The van der Waals surface area contributed by atoms with E-state index in [9.17, 15) is 4.79 Å². The summed E-state index contributed by atoms with van der Waals surface area (Å²) in [5.41, 5.74) is 1.24. The van der Waals surface area contributed by atoms with Crippen LogP contribution in [0.5, 0.6) is 17.2 Å². The van der Waals surface area contributed by atoms with E-state index < -0.39 is 0 Å². The number of likely N-dealkylation sites (tertiary alicyclic amines) is 1. The molecule has 1 unspecified atom stereocenters. The first-order chi connectivity index (χ1) is 14.7. The van der Waals surface area contributed by atoms with Crippen LogP contribution in [0.25, 0.3) is 0 Å². The number of carbonyl (C=O) groups is 1. The SMILES string of the molecule is N#Cc1ccccc1OCCCN1CCC(COc2ccc3c(c2)NC(=O)CO3)C1. The topological polar surface area (TPSA) is 83.8 Å². The molecular formula is C23H25N3O4. The van der Waals surface area contributed by atoms with Crippen LogP contribution >= 0.6 is 0 Å². The van der Waals surface area contributed by atoms with Gasteiger partial charge in [0.25, 0.3) is 5.91 Å². The van der Waals surface area contributed by atoms with E-state index in [1.807, 2.05) is 36.4 Å². The van der Waals surface area contributed by atoms with E-state index >= 15 is 0 Å². The van der Waals surface area contributed by atoms with Gasteiger partial charge in [-0.15, -0.1) is 0 Å². The molecule has 1 amide bonds. The van der Waals surface area contributed by atoms with Gasteiger partial charge < -0.3 is 24.4 Å². The predicted molar refractivity (Wildman–Crippen MR) is 112 cm³/mol. The number of hydrogen-bond acceptors (Lipinski definition) is 6. The molecule has 1 saturated heterocycles. The number of anilines is 1. The minimum atomic E-state index is -0.147. The quantitative estimate of drug-likeness (QED) is 0.677. The summed E-state index contributed by atoms with van der Waals surface area (Å²) in [7, 11) is 0. The number of benzene rings is 2. The third-order valence-electron chi connectivity index (χ3n) is 5.32. The molecule has 7 nitrogen and oxygen atoms in total. The van der Waals surface area contributed by atoms with Crippen LogP contribution in [-0.4, -0.2) is 50.3 Å². The highest BCUT2D eigenvalue weighted by Gasteiger charge is 2.23. The van der Waals surface area contributed by atoms with Crippen LogP contribution < -0.4 is 19.5 Å². The number of para-hydroxylation sites is 1.